The molecule has 1 heterocycles. The first-order valence-corrected chi connectivity index (χ1v) is 13.3. The quantitative estimate of drug-likeness (QED) is 0.304. The Morgan fingerprint density at radius 1 is 1.07 bits per heavy atom. The largest absolute Gasteiger partial charge is 0.325 e. The van der Waals surface area contributed by atoms with Gasteiger partial charge in [-0.3, -0.25) is 4.57 Å². The van der Waals surface area contributed by atoms with Crippen molar-refractivity contribution in [2.45, 2.75) is 95.9 Å². The second kappa shape index (κ2) is 11.1. The Hall–Kier alpha value is -0.190. The Labute approximate surface area is 169 Å². The standard InChI is InChI=1S/C21H38NO3PS/c1-21(22,16-17-26(23,24)25)15-14-20-13-12-19(27-20)11-7-3-6-10-18-8-4-2-5-9-18/h12-13,18H,2-11,14-17,22H2,1H3,(H2,23,24,25). The van der Waals surface area contributed by atoms with Crippen molar-refractivity contribution < 1.29 is 14.4 Å². The van der Waals surface area contributed by atoms with Crippen LogP contribution >= 0.6 is 18.9 Å². The molecular formula is C21H38NO3PS. The summed E-state index contributed by atoms with van der Waals surface area (Å²) < 4.78 is 11.0. The number of thiophene rings is 1. The average molecular weight is 416 g/mol. The lowest BCUT2D eigenvalue weighted by molar-refractivity contribution is 0.328. The molecule has 1 saturated carbocycles. The Morgan fingerprint density at radius 3 is 2.41 bits per heavy atom. The normalized spacial score (nSPS) is 18.5. The van der Waals surface area contributed by atoms with Crippen molar-refractivity contribution in [1.29, 1.82) is 0 Å². The van der Waals surface area contributed by atoms with Crippen LogP contribution < -0.4 is 5.73 Å². The summed E-state index contributed by atoms with van der Waals surface area (Å²) >= 11 is 1.87. The van der Waals surface area contributed by atoms with E-state index in [-0.39, 0.29) is 6.16 Å². The summed E-state index contributed by atoms with van der Waals surface area (Å²) in [6.45, 7) is 1.89. The van der Waals surface area contributed by atoms with Gasteiger partial charge in [0.05, 0.1) is 6.16 Å². The number of hydrogen-bond donors (Lipinski definition) is 3. The van der Waals surface area contributed by atoms with Crippen LogP contribution in [0.5, 0.6) is 0 Å². The number of aryl methyl sites for hydroxylation is 2. The molecule has 0 amide bonds. The summed E-state index contributed by atoms with van der Waals surface area (Å²) in [4.78, 5) is 20.8. The van der Waals surface area contributed by atoms with Gasteiger partial charge in [0, 0.05) is 15.3 Å². The molecule has 0 aromatic carbocycles. The van der Waals surface area contributed by atoms with Gasteiger partial charge in [0.25, 0.3) is 0 Å². The molecule has 0 aliphatic heterocycles. The van der Waals surface area contributed by atoms with E-state index in [0.717, 1.165) is 18.8 Å². The Bertz CT molecular complexity index is 590. The van der Waals surface area contributed by atoms with E-state index in [1.165, 1.54) is 74.0 Å². The fourth-order valence-corrected chi connectivity index (χ4v) is 5.87. The molecule has 0 radical (unpaired) electrons. The van der Waals surface area contributed by atoms with Crippen LogP contribution in [0, 0.1) is 5.92 Å². The molecule has 1 aromatic rings. The van der Waals surface area contributed by atoms with Crippen molar-refractivity contribution in [3.63, 3.8) is 0 Å². The highest BCUT2D eigenvalue weighted by atomic mass is 32.1. The predicted molar refractivity (Wildman–Crippen MR) is 116 cm³/mol. The molecule has 2 rings (SSSR count). The Morgan fingerprint density at radius 2 is 1.74 bits per heavy atom. The van der Waals surface area contributed by atoms with E-state index in [4.69, 9.17) is 15.5 Å². The average Bonchev–Trinajstić information content (AvgIpc) is 3.07. The lowest BCUT2D eigenvalue weighted by Crippen LogP contribution is -2.37. The van der Waals surface area contributed by atoms with E-state index < -0.39 is 13.1 Å². The third-order valence-electron chi connectivity index (χ3n) is 5.89. The minimum absolute atomic E-state index is 0.128. The molecule has 1 fully saturated rings. The van der Waals surface area contributed by atoms with E-state index >= 15 is 0 Å². The third kappa shape index (κ3) is 10.2. The first-order valence-electron chi connectivity index (χ1n) is 10.6. The molecule has 1 atom stereocenters. The van der Waals surface area contributed by atoms with Crippen LogP contribution in [0.15, 0.2) is 12.1 Å². The highest BCUT2D eigenvalue weighted by Gasteiger charge is 2.23. The maximum atomic E-state index is 11.0. The molecular weight excluding hydrogens is 377 g/mol. The molecule has 1 aromatic heterocycles. The van der Waals surface area contributed by atoms with Gasteiger partial charge in [-0.15, -0.1) is 11.3 Å². The monoisotopic (exact) mass is 415 g/mol. The van der Waals surface area contributed by atoms with Gasteiger partial charge in [0.1, 0.15) is 0 Å². The molecule has 0 saturated heterocycles. The fourth-order valence-electron chi connectivity index (χ4n) is 4.01. The maximum Gasteiger partial charge on any atom is 0.325 e. The van der Waals surface area contributed by atoms with Crippen molar-refractivity contribution in [3.8, 4) is 0 Å². The van der Waals surface area contributed by atoms with Crippen LogP contribution in [0.1, 0.15) is 87.3 Å². The number of nitrogens with two attached hydrogens (primary N) is 1. The van der Waals surface area contributed by atoms with Crippen molar-refractivity contribution in [3.05, 3.63) is 21.9 Å². The third-order valence-corrected chi connectivity index (χ3v) is 7.91. The van der Waals surface area contributed by atoms with Gasteiger partial charge in [-0.1, -0.05) is 51.4 Å². The van der Waals surface area contributed by atoms with Crippen LogP contribution in [0.25, 0.3) is 0 Å². The van der Waals surface area contributed by atoms with Gasteiger partial charge in [0.2, 0.25) is 0 Å². The molecule has 0 spiro atoms. The summed E-state index contributed by atoms with van der Waals surface area (Å²) in [5.74, 6) is 1.00. The lowest BCUT2D eigenvalue weighted by atomic mass is 9.85. The number of hydrogen-bond acceptors (Lipinski definition) is 3. The predicted octanol–water partition coefficient (Wildman–Crippen LogP) is 5.65. The minimum atomic E-state index is -3.96. The Balaban J connectivity index is 1.60. The SMILES string of the molecule is CC(N)(CCc1ccc(CCCCCC2CCCCC2)s1)CCP(=O)(O)O. The summed E-state index contributed by atoms with van der Waals surface area (Å²) in [6, 6.07) is 4.44. The highest BCUT2D eigenvalue weighted by molar-refractivity contribution is 7.51. The summed E-state index contributed by atoms with van der Waals surface area (Å²) in [5.41, 5.74) is 5.69. The van der Waals surface area contributed by atoms with Crippen LogP contribution in [0.3, 0.4) is 0 Å². The first kappa shape index (κ1) is 23.1. The summed E-state index contributed by atoms with van der Waals surface area (Å²) in [5, 5.41) is 0. The van der Waals surface area contributed by atoms with Gasteiger partial charge in [0.15, 0.2) is 0 Å². The van der Waals surface area contributed by atoms with Gasteiger partial charge in [-0.05, 0) is 57.1 Å². The van der Waals surface area contributed by atoms with Crippen LogP contribution in [0.2, 0.25) is 0 Å². The summed E-state index contributed by atoms with van der Waals surface area (Å²) in [7, 11) is -3.96. The molecule has 1 aliphatic carbocycles. The van der Waals surface area contributed by atoms with E-state index in [9.17, 15) is 4.57 Å². The zero-order valence-corrected chi connectivity index (χ0v) is 18.6. The first-order chi connectivity index (χ1) is 12.7. The molecule has 1 aliphatic rings. The molecule has 4 nitrogen and oxygen atoms in total. The molecule has 1 unspecified atom stereocenters. The molecule has 4 N–H and O–H groups in total. The van der Waals surface area contributed by atoms with E-state index in [0.29, 0.717) is 6.42 Å². The molecule has 6 heteroatoms. The number of unbranched alkanes of at least 4 members (excludes halogenated alkanes) is 2. The van der Waals surface area contributed by atoms with Crippen molar-refractivity contribution in [2.24, 2.45) is 11.7 Å². The van der Waals surface area contributed by atoms with Crippen molar-refractivity contribution in [1.82, 2.24) is 0 Å². The highest BCUT2D eigenvalue weighted by Crippen LogP contribution is 2.37. The maximum absolute atomic E-state index is 11.0. The molecule has 27 heavy (non-hydrogen) atoms. The van der Waals surface area contributed by atoms with Gasteiger partial charge in [-0.2, -0.15) is 0 Å². The molecule has 0 bridgehead atoms. The van der Waals surface area contributed by atoms with Crippen LogP contribution in [-0.2, 0) is 17.4 Å². The zero-order chi connectivity index (χ0) is 19.8. The zero-order valence-electron chi connectivity index (χ0n) is 16.9. The number of rotatable bonds is 12. The Kier molecular flexibility index (Phi) is 9.50. The van der Waals surface area contributed by atoms with E-state index in [2.05, 4.69) is 12.1 Å². The smallest absolute Gasteiger partial charge is 0.325 e. The lowest BCUT2D eigenvalue weighted by Gasteiger charge is -2.24. The van der Waals surface area contributed by atoms with E-state index in [1.54, 1.807) is 0 Å². The topological polar surface area (TPSA) is 83.6 Å². The van der Waals surface area contributed by atoms with Crippen molar-refractivity contribution in [2.75, 3.05) is 6.16 Å². The fraction of sp³-hybridized carbons (Fsp3) is 0.810. The van der Waals surface area contributed by atoms with Crippen molar-refractivity contribution >= 4 is 18.9 Å². The van der Waals surface area contributed by atoms with E-state index in [1.807, 2.05) is 18.3 Å². The van der Waals surface area contributed by atoms with Gasteiger partial charge in [-0.25, -0.2) is 0 Å². The van der Waals surface area contributed by atoms with Gasteiger partial charge >= 0.3 is 7.60 Å². The van der Waals surface area contributed by atoms with Gasteiger partial charge < -0.3 is 15.5 Å². The second-order valence-electron chi connectivity index (χ2n) is 8.76. The minimum Gasteiger partial charge on any atom is -0.325 e. The molecule has 156 valence electrons. The van der Waals surface area contributed by atoms with Crippen LogP contribution in [-0.4, -0.2) is 21.5 Å². The second-order valence-corrected chi connectivity index (χ2v) is 11.8. The van der Waals surface area contributed by atoms with Crippen LogP contribution in [0.4, 0.5) is 0 Å². The summed E-state index contributed by atoms with van der Waals surface area (Å²) in [6.07, 6.45) is 15.8.